The molecule has 1 aromatic heterocycles. The number of aromatic amines is 1. The second-order valence-electron chi connectivity index (χ2n) is 6.46. The second-order valence-corrected chi connectivity index (χ2v) is 8.28. The molecule has 132 valence electrons. The van der Waals surface area contributed by atoms with E-state index >= 15 is 0 Å². The number of rotatable bonds is 6. The smallest absolute Gasteiger partial charge is 0.279 e. The molecule has 1 aliphatic carbocycles. The minimum atomic E-state index is -3.48. The van der Waals surface area contributed by atoms with Gasteiger partial charge in [0.05, 0.1) is 0 Å². The van der Waals surface area contributed by atoms with Crippen molar-refractivity contribution < 1.29 is 12.8 Å². The summed E-state index contributed by atoms with van der Waals surface area (Å²) in [7, 11) is -1.82. The summed E-state index contributed by atoms with van der Waals surface area (Å²) in [6.45, 7) is 0.295. The van der Waals surface area contributed by atoms with Crippen LogP contribution in [0, 0.1) is 5.82 Å². The zero-order valence-electron chi connectivity index (χ0n) is 13.9. The van der Waals surface area contributed by atoms with Crippen molar-refractivity contribution in [3.05, 3.63) is 35.8 Å². The van der Waals surface area contributed by atoms with Gasteiger partial charge in [0.2, 0.25) is 0 Å². The van der Waals surface area contributed by atoms with Crippen LogP contribution in [0.2, 0.25) is 0 Å². The number of benzene rings is 1. The van der Waals surface area contributed by atoms with Crippen LogP contribution >= 0.6 is 0 Å². The third-order valence-corrected chi connectivity index (χ3v) is 6.50. The van der Waals surface area contributed by atoms with Gasteiger partial charge in [-0.25, -0.2) is 9.11 Å². The van der Waals surface area contributed by atoms with Crippen LogP contribution in [-0.4, -0.2) is 37.3 Å². The fourth-order valence-electron chi connectivity index (χ4n) is 3.41. The van der Waals surface area contributed by atoms with Gasteiger partial charge in [-0.3, -0.25) is 0 Å². The van der Waals surface area contributed by atoms with Gasteiger partial charge >= 0.3 is 0 Å². The van der Waals surface area contributed by atoms with E-state index in [2.05, 4.69) is 9.71 Å². The van der Waals surface area contributed by atoms with Crippen LogP contribution < -0.4 is 4.72 Å². The zero-order valence-corrected chi connectivity index (χ0v) is 14.7. The third kappa shape index (κ3) is 3.79. The van der Waals surface area contributed by atoms with E-state index in [1.54, 1.807) is 13.1 Å². The molecule has 3 rings (SSSR count). The Hall–Kier alpha value is -1.44. The number of fused-ring (bicyclic) bond motifs is 1. The van der Waals surface area contributed by atoms with Crippen molar-refractivity contribution in [2.75, 3.05) is 13.6 Å². The molecule has 2 aromatic rings. The van der Waals surface area contributed by atoms with Gasteiger partial charge in [-0.15, -0.1) is 0 Å². The molecule has 0 unspecified atom stereocenters. The van der Waals surface area contributed by atoms with Crippen LogP contribution in [0.25, 0.3) is 10.9 Å². The van der Waals surface area contributed by atoms with Crippen LogP contribution in [0.4, 0.5) is 4.39 Å². The Morgan fingerprint density at radius 3 is 2.79 bits per heavy atom. The maximum Gasteiger partial charge on any atom is 0.279 e. The topological polar surface area (TPSA) is 65.2 Å². The minimum Gasteiger partial charge on any atom is -0.361 e. The Balaban J connectivity index is 1.61. The molecular weight excluding hydrogens is 329 g/mol. The summed E-state index contributed by atoms with van der Waals surface area (Å²) in [5.41, 5.74) is 1.76. The van der Waals surface area contributed by atoms with Crippen LogP contribution in [0.15, 0.2) is 24.4 Å². The lowest BCUT2D eigenvalue weighted by atomic mass is 9.96. The van der Waals surface area contributed by atoms with E-state index in [0.717, 1.165) is 42.1 Å². The fourth-order valence-corrected chi connectivity index (χ4v) is 4.58. The largest absolute Gasteiger partial charge is 0.361 e. The molecule has 1 aromatic carbocycles. The van der Waals surface area contributed by atoms with Crippen molar-refractivity contribution in [2.45, 2.75) is 44.6 Å². The van der Waals surface area contributed by atoms with Crippen molar-refractivity contribution in [3.63, 3.8) is 0 Å². The Labute approximate surface area is 142 Å². The Morgan fingerprint density at radius 1 is 1.29 bits per heavy atom. The van der Waals surface area contributed by atoms with E-state index < -0.39 is 10.2 Å². The first-order valence-electron chi connectivity index (χ1n) is 8.45. The predicted molar refractivity (Wildman–Crippen MR) is 93.5 cm³/mol. The van der Waals surface area contributed by atoms with Crippen molar-refractivity contribution in [1.82, 2.24) is 14.0 Å². The maximum atomic E-state index is 13.4. The predicted octanol–water partition coefficient (Wildman–Crippen LogP) is 2.95. The standard InChI is InChI=1S/C17H24FN3O2S/c1-21(15-5-3-2-4-6-15)24(22,23)20-10-9-13-12-19-17-8-7-14(18)11-16(13)17/h7-8,11-12,15,19-20H,2-6,9-10H2,1H3. The second kappa shape index (κ2) is 7.21. The number of hydrogen-bond acceptors (Lipinski definition) is 2. The van der Waals surface area contributed by atoms with E-state index in [-0.39, 0.29) is 11.9 Å². The van der Waals surface area contributed by atoms with Crippen LogP contribution in [0.1, 0.15) is 37.7 Å². The molecule has 0 amide bonds. The molecule has 0 spiro atoms. The monoisotopic (exact) mass is 353 g/mol. The fraction of sp³-hybridized carbons (Fsp3) is 0.529. The SMILES string of the molecule is CN(C1CCCCC1)S(=O)(=O)NCCc1c[nH]c2ccc(F)cc12. The molecule has 0 bridgehead atoms. The molecule has 0 saturated heterocycles. The molecule has 1 saturated carbocycles. The molecular formula is C17H24FN3O2S. The Morgan fingerprint density at radius 2 is 2.04 bits per heavy atom. The van der Waals surface area contributed by atoms with Gasteiger partial charge < -0.3 is 4.98 Å². The zero-order chi connectivity index (χ0) is 17.2. The van der Waals surface area contributed by atoms with Crippen molar-refractivity contribution in [3.8, 4) is 0 Å². The first-order chi connectivity index (χ1) is 11.5. The van der Waals surface area contributed by atoms with E-state index in [1.807, 2.05) is 6.20 Å². The Bertz CT molecular complexity index is 797. The summed E-state index contributed by atoms with van der Waals surface area (Å²) < 4.78 is 42.4. The highest BCUT2D eigenvalue weighted by atomic mass is 32.2. The summed E-state index contributed by atoms with van der Waals surface area (Å²) in [4.78, 5) is 3.08. The van der Waals surface area contributed by atoms with E-state index in [0.29, 0.717) is 13.0 Å². The highest BCUT2D eigenvalue weighted by Gasteiger charge is 2.27. The number of halogens is 1. The molecule has 2 N–H and O–H groups in total. The van der Waals surface area contributed by atoms with E-state index in [4.69, 9.17) is 0 Å². The van der Waals surface area contributed by atoms with E-state index in [1.165, 1.54) is 22.9 Å². The molecule has 1 aliphatic rings. The lowest BCUT2D eigenvalue weighted by molar-refractivity contribution is 0.283. The average molecular weight is 353 g/mol. The van der Waals surface area contributed by atoms with Crippen LogP contribution in [0.5, 0.6) is 0 Å². The van der Waals surface area contributed by atoms with Crippen molar-refractivity contribution in [1.29, 1.82) is 0 Å². The summed E-state index contributed by atoms with van der Waals surface area (Å²) in [6, 6.07) is 4.67. The molecule has 1 heterocycles. The highest BCUT2D eigenvalue weighted by molar-refractivity contribution is 7.87. The van der Waals surface area contributed by atoms with Gasteiger partial charge in [0, 0.05) is 36.7 Å². The van der Waals surface area contributed by atoms with Crippen LogP contribution in [0.3, 0.4) is 0 Å². The third-order valence-electron chi connectivity index (χ3n) is 4.88. The van der Waals surface area contributed by atoms with Gasteiger partial charge in [0.1, 0.15) is 5.82 Å². The van der Waals surface area contributed by atoms with Gasteiger partial charge in [0.25, 0.3) is 10.2 Å². The van der Waals surface area contributed by atoms with Gasteiger partial charge in [0.15, 0.2) is 0 Å². The van der Waals surface area contributed by atoms with Gasteiger partial charge in [-0.2, -0.15) is 12.7 Å². The van der Waals surface area contributed by atoms with Crippen molar-refractivity contribution in [2.24, 2.45) is 0 Å². The summed E-state index contributed by atoms with van der Waals surface area (Å²) in [5, 5.41) is 0.801. The Kier molecular flexibility index (Phi) is 5.22. The van der Waals surface area contributed by atoms with Crippen molar-refractivity contribution >= 4 is 21.1 Å². The first-order valence-corrected chi connectivity index (χ1v) is 9.89. The maximum absolute atomic E-state index is 13.4. The van der Waals surface area contributed by atoms with Gasteiger partial charge in [-0.05, 0) is 43.0 Å². The van der Waals surface area contributed by atoms with Gasteiger partial charge in [-0.1, -0.05) is 19.3 Å². The quantitative estimate of drug-likeness (QED) is 0.838. The number of nitrogens with one attached hydrogen (secondary N) is 2. The lowest BCUT2D eigenvalue weighted by Crippen LogP contribution is -2.45. The summed E-state index contributed by atoms with van der Waals surface area (Å²) in [5.74, 6) is -0.291. The molecule has 24 heavy (non-hydrogen) atoms. The molecule has 0 radical (unpaired) electrons. The summed E-state index contributed by atoms with van der Waals surface area (Å²) >= 11 is 0. The lowest BCUT2D eigenvalue weighted by Gasteiger charge is -2.30. The average Bonchev–Trinajstić information content (AvgIpc) is 2.97. The molecule has 5 nitrogen and oxygen atoms in total. The van der Waals surface area contributed by atoms with E-state index in [9.17, 15) is 12.8 Å². The molecule has 0 aliphatic heterocycles. The van der Waals surface area contributed by atoms with Crippen LogP contribution in [-0.2, 0) is 16.6 Å². The molecule has 0 atom stereocenters. The number of hydrogen-bond donors (Lipinski definition) is 2. The minimum absolute atomic E-state index is 0.0958. The number of nitrogens with zero attached hydrogens (tertiary/aromatic N) is 1. The molecule has 7 heteroatoms. The normalized spacial score (nSPS) is 17.0. The first kappa shape index (κ1) is 17.4. The highest BCUT2D eigenvalue weighted by Crippen LogP contribution is 2.23. The number of H-pyrrole nitrogens is 1. The number of aromatic nitrogens is 1. The summed E-state index contributed by atoms with van der Waals surface area (Å²) in [6.07, 6.45) is 7.55. The molecule has 1 fully saturated rings.